The van der Waals surface area contributed by atoms with E-state index in [1.807, 2.05) is 30.3 Å². The van der Waals surface area contributed by atoms with E-state index in [4.69, 9.17) is 5.26 Å². The van der Waals surface area contributed by atoms with Crippen molar-refractivity contribution in [2.45, 2.75) is 19.0 Å². The number of nitriles is 1. The van der Waals surface area contributed by atoms with Crippen LogP contribution in [0.3, 0.4) is 0 Å². The van der Waals surface area contributed by atoms with E-state index in [1.165, 1.54) is 16.9 Å². The van der Waals surface area contributed by atoms with Crippen LogP contribution in [0.2, 0.25) is 0 Å². The molecule has 0 saturated heterocycles. The molecule has 0 radical (unpaired) electrons. The lowest BCUT2D eigenvalue weighted by atomic mass is 10.1. The molecule has 19 heavy (non-hydrogen) atoms. The smallest absolute Gasteiger partial charge is 0.110 e. The molecular formula is C15H16N2OS. The van der Waals surface area contributed by atoms with Gasteiger partial charge in [-0.1, -0.05) is 30.3 Å². The van der Waals surface area contributed by atoms with E-state index in [0.29, 0.717) is 6.54 Å². The number of hydrogen-bond donors (Lipinski definition) is 2. The van der Waals surface area contributed by atoms with E-state index in [2.05, 4.69) is 23.5 Å². The molecule has 0 amide bonds. The van der Waals surface area contributed by atoms with Gasteiger partial charge >= 0.3 is 0 Å². The number of nitrogens with one attached hydrogen (secondary N) is 1. The molecule has 1 aromatic carbocycles. The predicted molar refractivity (Wildman–Crippen MR) is 76.9 cm³/mol. The maximum atomic E-state index is 9.41. The normalized spacial score (nSPS) is 12.0. The molecular weight excluding hydrogens is 256 g/mol. The van der Waals surface area contributed by atoms with Crippen molar-refractivity contribution in [2.75, 3.05) is 6.61 Å². The summed E-state index contributed by atoms with van der Waals surface area (Å²) in [6.07, 6.45) is 0.799. The molecule has 0 spiro atoms. The highest BCUT2D eigenvalue weighted by Crippen LogP contribution is 2.15. The van der Waals surface area contributed by atoms with Gasteiger partial charge in [-0.25, -0.2) is 0 Å². The lowest BCUT2D eigenvalue weighted by molar-refractivity contribution is 0.241. The molecule has 0 saturated carbocycles. The van der Waals surface area contributed by atoms with Crippen LogP contribution in [0.5, 0.6) is 0 Å². The molecule has 0 aliphatic carbocycles. The van der Waals surface area contributed by atoms with Gasteiger partial charge in [0.25, 0.3) is 0 Å². The summed E-state index contributed by atoms with van der Waals surface area (Å²) < 4.78 is 0. The van der Waals surface area contributed by atoms with E-state index < -0.39 is 0 Å². The van der Waals surface area contributed by atoms with Crippen molar-refractivity contribution in [3.63, 3.8) is 0 Å². The quantitative estimate of drug-likeness (QED) is 0.848. The van der Waals surface area contributed by atoms with Crippen molar-refractivity contribution in [2.24, 2.45) is 0 Å². The van der Waals surface area contributed by atoms with E-state index in [-0.39, 0.29) is 12.6 Å². The van der Waals surface area contributed by atoms with Crippen LogP contribution in [-0.4, -0.2) is 17.8 Å². The van der Waals surface area contributed by atoms with E-state index in [9.17, 15) is 5.11 Å². The second-order valence-electron chi connectivity index (χ2n) is 4.33. The van der Waals surface area contributed by atoms with Crippen LogP contribution in [0.15, 0.2) is 42.5 Å². The summed E-state index contributed by atoms with van der Waals surface area (Å²) in [6, 6.07) is 16.1. The highest BCUT2D eigenvalue weighted by molar-refractivity contribution is 7.12. The lowest BCUT2D eigenvalue weighted by Gasteiger charge is -2.15. The SMILES string of the molecule is N#Cc1ccc(CNC(CO)Cc2ccccc2)s1. The first kappa shape index (κ1) is 13.8. The standard InChI is InChI=1S/C15H16N2OS/c16-9-14-6-7-15(19-14)10-17-13(11-18)8-12-4-2-1-3-5-12/h1-7,13,17-18H,8,10-11H2. The number of aliphatic hydroxyl groups is 1. The molecule has 4 heteroatoms. The Hall–Kier alpha value is -1.67. The Morgan fingerprint density at radius 3 is 2.63 bits per heavy atom. The van der Waals surface area contributed by atoms with Gasteiger partial charge < -0.3 is 10.4 Å². The first-order valence-corrected chi connectivity index (χ1v) is 7.00. The Morgan fingerprint density at radius 1 is 1.21 bits per heavy atom. The molecule has 0 fully saturated rings. The Balaban J connectivity index is 1.87. The van der Waals surface area contributed by atoms with Crippen LogP contribution in [-0.2, 0) is 13.0 Å². The average Bonchev–Trinajstić information content (AvgIpc) is 2.92. The minimum Gasteiger partial charge on any atom is -0.395 e. The number of aliphatic hydroxyl groups excluding tert-OH is 1. The van der Waals surface area contributed by atoms with Crippen molar-refractivity contribution in [1.82, 2.24) is 5.32 Å². The maximum absolute atomic E-state index is 9.41. The summed E-state index contributed by atoms with van der Waals surface area (Å²) in [4.78, 5) is 1.84. The van der Waals surface area contributed by atoms with Gasteiger partial charge in [0, 0.05) is 17.5 Å². The largest absolute Gasteiger partial charge is 0.395 e. The van der Waals surface area contributed by atoms with Crippen LogP contribution in [0.25, 0.3) is 0 Å². The minimum atomic E-state index is 0.0371. The van der Waals surface area contributed by atoms with Gasteiger partial charge in [-0.2, -0.15) is 5.26 Å². The third kappa shape index (κ3) is 4.18. The number of nitrogens with zero attached hydrogens (tertiary/aromatic N) is 1. The fourth-order valence-electron chi connectivity index (χ4n) is 1.88. The first-order chi connectivity index (χ1) is 9.31. The molecule has 1 unspecified atom stereocenters. The molecule has 0 aliphatic heterocycles. The minimum absolute atomic E-state index is 0.0371. The number of benzene rings is 1. The molecule has 98 valence electrons. The fraction of sp³-hybridized carbons (Fsp3) is 0.267. The third-order valence-electron chi connectivity index (χ3n) is 2.88. The summed E-state index contributed by atoms with van der Waals surface area (Å²) in [5.41, 5.74) is 1.21. The van der Waals surface area contributed by atoms with Crippen LogP contribution in [0, 0.1) is 11.3 Å². The molecule has 3 nitrogen and oxygen atoms in total. The molecule has 1 aromatic heterocycles. The molecule has 1 heterocycles. The highest BCUT2D eigenvalue weighted by Gasteiger charge is 2.08. The predicted octanol–water partition coefficient (Wildman–Crippen LogP) is 2.31. The summed E-state index contributed by atoms with van der Waals surface area (Å²) in [7, 11) is 0. The number of hydrogen-bond acceptors (Lipinski definition) is 4. The Bertz CT molecular complexity index is 545. The molecule has 0 bridgehead atoms. The van der Waals surface area contributed by atoms with E-state index in [0.717, 1.165) is 16.2 Å². The monoisotopic (exact) mass is 272 g/mol. The molecule has 0 aliphatic rings. The Morgan fingerprint density at radius 2 is 2.00 bits per heavy atom. The highest BCUT2D eigenvalue weighted by atomic mass is 32.1. The van der Waals surface area contributed by atoms with Gasteiger partial charge in [0.1, 0.15) is 10.9 Å². The van der Waals surface area contributed by atoms with Gasteiger partial charge in [0.15, 0.2) is 0 Å². The van der Waals surface area contributed by atoms with Crippen LogP contribution >= 0.6 is 11.3 Å². The average molecular weight is 272 g/mol. The number of rotatable bonds is 6. The molecule has 2 rings (SSSR count). The van der Waals surface area contributed by atoms with Gasteiger partial charge in [-0.05, 0) is 24.1 Å². The summed E-state index contributed by atoms with van der Waals surface area (Å²) >= 11 is 1.49. The molecule has 2 N–H and O–H groups in total. The summed E-state index contributed by atoms with van der Waals surface area (Å²) in [5, 5.41) is 21.5. The van der Waals surface area contributed by atoms with Crippen LogP contribution < -0.4 is 5.32 Å². The van der Waals surface area contributed by atoms with Crippen molar-refractivity contribution < 1.29 is 5.11 Å². The third-order valence-corrected chi connectivity index (χ3v) is 3.87. The number of thiophene rings is 1. The topological polar surface area (TPSA) is 56.0 Å². The van der Waals surface area contributed by atoms with Gasteiger partial charge in [-0.3, -0.25) is 0 Å². The van der Waals surface area contributed by atoms with E-state index in [1.54, 1.807) is 0 Å². The van der Waals surface area contributed by atoms with Crippen molar-refractivity contribution in [3.05, 3.63) is 57.8 Å². The maximum Gasteiger partial charge on any atom is 0.110 e. The Kier molecular flexibility index (Phi) is 5.10. The van der Waals surface area contributed by atoms with Gasteiger partial charge in [0.05, 0.1) is 6.61 Å². The van der Waals surface area contributed by atoms with Gasteiger partial charge in [0.2, 0.25) is 0 Å². The van der Waals surface area contributed by atoms with Crippen LogP contribution in [0.1, 0.15) is 15.3 Å². The van der Waals surface area contributed by atoms with Crippen molar-refractivity contribution in [1.29, 1.82) is 5.26 Å². The zero-order chi connectivity index (χ0) is 13.5. The summed E-state index contributed by atoms with van der Waals surface area (Å²) in [6.45, 7) is 0.787. The zero-order valence-corrected chi connectivity index (χ0v) is 11.4. The van der Waals surface area contributed by atoms with Crippen molar-refractivity contribution >= 4 is 11.3 Å². The summed E-state index contributed by atoms with van der Waals surface area (Å²) in [5.74, 6) is 0. The molecule has 1 atom stereocenters. The van der Waals surface area contributed by atoms with E-state index >= 15 is 0 Å². The zero-order valence-electron chi connectivity index (χ0n) is 10.5. The van der Waals surface area contributed by atoms with Crippen molar-refractivity contribution in [3.8, 4) is 6.07 Å². The fourth-order valence-corrected chi connectivity index (χ4v) is 2.63. The van der Waals surface area contributed by atoms with Crippen LogP contribution in [0.4, 0.5) is 0 Å². The van der Waals surface area contributed by atoms with Gasteiger partial charge in [-0.15, -0.1) is 11.3 Å². The lowest BCUT2D eigenvalue weighted by Crippen LogP contribution is -2.33. The second-order valence-corrected chi connectivity index (χ2v) is 5.50. The molecule has 2 aromatic rings. The second kappa shape index (κ2) is 7.05. The first-order valence-electron chi connectivity index (χ1n) is 6.19. The Labute approximate surface area is 117 Å².